The number of aliphatic carboxylic acids is 1. The number of carboxylic acid groups (broad SMARTS) is 1. The fraction of sp³-hybridized carbons (Fsp3) is 0.125. The first-order valence-electron chi connectivity index (χ1n) is 7.13. The molecule has 0 aliphatic rings. The number of carboxylic acids is 1. The van der Waals surface area contributed by atoms with E-state index in [1.54, 1.807) is 31.4 Å². The van der Waals surface area contributed by atoms with Gasteiger partial charge < -0.3 is 24.8 Å². The molecule has 0 unspecified atom stereocenters. The van der Waals surface area contributed by atoms with Gasteiger partial charge in [-0.25, -0.2) is 4.98 Å². The van der Waals surface area contributed by atoms with Gasteiger partial charge in [-0.2, -0.15) is 0 Å². The van der Waals surface area contributed by atoms with Crippen molar-refractivity contribution in [2.45, 2.75) is 0 Å². The van der Waals surface area contributed by atoms with Crippen molar-refractivity contribution in [2.24, 2.45) is 0 Å². The van der Waals surface area contributed by atoms with Crippen LogP contribution in [0, 0.1) is 0 Å². The van der Waals surface area contributed by atoms with Crippen LogP contribution in [0.3, 0.4) is 0 Å². The number of hydrogen-bond acceptors (Lipinski definition) is 7. The van der Waals surface area contributed by atoms with E-state index < -0.39 is 24.2 Å². The zero-order valence-electron chi connectivity index (χ0n) is 13.0. The SMILES string of the molecule is COc1ccc(-c2noc3c(O)c(C(=O)NCC(=O)O)ncc23)cc1. The summed E-state index contributed by atoms with van der Waals surface area (Å²) in [5.74, 6) is -1.87. The van der Waals surface area contributed by atoms with Gasteiger partial charge in [0.15, 0.2) is 11.4 Å². The number of nitrogens with zero attached hydrogens (tertiary/aromatic N) is 2. The number of aromatic hydroxyl groups is 1. The molecule has 9 nitrogen and oxygen atoms in total. The van der Waals surface area contributed by atoms with Crippen molar-refractivity contribution >= 4 is 22.8 Å². The number of amides is 1. The first kappa shape index (κ1) is 16.2. The summed E-state index contributed by atoms with van der Waals surface area (Å²) in [6.07, 6.45) is 1.33. The number of carbonyl (C=O) groups excluding carboxylic acids is 1. The Morgan fingerprint density at radius 2 is 2.00 bits per heavy atom. The van der Waals surface area contributed by atoms with Gasteiger partial charge in [0.2, 0.25) is 5.58 Å². The van der Waals surface area contributed by atoms with Crippen LogP contribution in [0.5, 0.6) is 11.5 Å². The molecule has 0 saturated heterocycles. The van der Waals surface area contributed by atoms with Crippen LogP contribution >= 0.6 is 0 Å². The molecule has 0 saturated carbocycles. The number of aromatic nitrogens is 2. The van der Waals surface area contributed by atoms with Crippen LogP contribution in [0.25, 0.3) is 22.2 Å². The van der Waals surface area contributed by atoms with Crippen LogP contribution in [-0.4, -0.2) is 45.9 Å². The molecule has 9 heteroatoms. The third kappa shape index (κ3) is 3.07. The molecule has 0 bridgehead atoms. The predicted octanol–water partition coefficient (Wildman–Crippen LogP) is 1.42. The maximum Gasteiger partial charge on any atom is 0.322 e. The van der Waals surface area contributed by atoms with Crippen molar-refractivity contribution in [2.75, 3.05) is 13.7 Å². The molecule has 128 valence electrons. The molecular weight excluding hydrogens is 330 g/mol. The quantitative estimate of drug-likeness (QED) is 0.633. The maximum atomic E-state index is 11.9. The standard InChI is InChI=1S/C16H13N3O6/c1-24-9-4-2-8(3-5-9)12-10-6-17-13(14(22)15(10)25-19-12)16(23)18-7-11(20)21/h2-6,22H,7H2,1H3,(H,18,23)(H,20,21). The lowest BCUT2D eigenvalue weighted by molar-refractivity contribution is -0.135. The molecule has 25 heavy (non-hydrogen) atoms. The molecule has 0 aliphatic carbocycles. The van der Waals surface area contributed by atoms with E-state index in [0.717, 1.165) is 0 Å². The summed E-state index contributed by atoms with van der Waals surface area (Å²) in [4.78, 5) is 26.3. The van der Waals surface area contributed by atoms with Gasteiger partial charge in [0.05, 0.1) is 12.5 Å². The first-order valence-corrected chi connectivity index (χ1v) is 7.13. The molecule has 0 spiro atoms. The second-order valence-corrected chi connectivity index (χ2v) is 5.03. The van der Waals surface area contributed by atoms with E-state index in [1.165, 1.54) is 6.20 Å². The molecule has 2 aromatic heterocycles. The van der Waals surface area contributed by atoms with Crippen LogP contribution < -0.4 is 10.1 Å². The number of rotatable bonds is 5. The largest absolute Gasteiger partial charge is 0.503 e. The Hall–Kier alpha value is -3.62. The minimum absolute atomic E-state index is 0.0127. The van der Waals surface area contributed by atoms with E-state index in [-0.39, 0.29) is 11.3 Å². The van der Waals surface area contributed by atoms with E-state index >= 15 is 0 Å². The summed E-state index contributed by atoms with van der Waals surface area (Å²) in [7, 11) is 1.55. The summed E-state index contributed by atoms with van der Waals surface area (Å²) < 4.78 is 10.2. The molecule has 3 N–H and O–H groups in total. The molecular formula is C16H13N3O6. The third-order valence-corrected chi connectivity index (χ3v) is 3.47. The lowest BCUT2D eigenvalue weighted by atomic mass is 10.1. The van der Waals surface area contributed by atoms with Crippen LogP contribution in [0.4, 0.5) is 0 Å². The number of pyridine rings is 1. The monoisotopic (exact) mass is 343 g/mol. The smallest absolute Gasteiger partial charge is 0.322 e. The van der Waals surface area contributed by atoms with Gasteiger partial charge >= 0.3 is 5.97 Å². The minimum Gasteiger partial charge on any atom is -0.503 e. The van der Waals surface area contributed by atoms with Gasteiger partial charge in [-0.3, -0.25) is 9.59 Å². The summed E-state index contributed by atoms with van der Waals surface area (Å²) in [6, 6.07) is 7.02. The zero-order chi connectivity index (χ0) is 18.0. The van der Waals surface area contributed by atoms with Crippen molar-refractivity contribution in [1.82, 2.24) is 15.5 Å². The van der Waals surface area contributed by atoms with E-state index in [0.29, 0.717) is 22.4 Å². The highest BCUT2D eigenvalue weighted by atomic mass is 16.5. The van der Waals surface area contributed by atoms with Crippen molar-refractivity contribution in [3.8, 4) is 22.8 Å². The van der Waals surface area contributed by atoms with E-state index in [2.05, 4.69) is 15.5 Å². The molecule has 3 rings (SSSR count). The van der Waals surface area contributed by atoms with E-state index in [4.69, 9.17) is 14.4 Å². The number of hydrogen-bond donors (Lipinski definition) is 3. The number of benzene rings is 1. The third-order valence-electron chi connectivity index (χ3n) is 3.47. The van der Waals surface area contributed by atoms with Gasteiger partial charge in [0.25, 0.3) is 5.91 Å². The number of ether oxygens (including phenoxy) is 1. The summed E-state index contributed by atoms with van der Waals surface area (Å²) in [5.41, 5.74) is 0.800. The van der Waals surface area contributed by atoms with Gasteiger partial charge in [-0.15, -0.1) is 0 Å². The first-order chi connectivity index (χ1) is 12.0. The zero-order valence-corrected chi connectivity index (χ0v) is 13.0. The molecule has 1 amide bonds. The van der Waals surface area contributed by atoms with Crippen LogP contribution in [-0.2, 0) is 4.79 Å². The normalized spacial score (nSPS) is 10.6. The highest BCUT2D eigenvalue weighted by Crippen LogP contribution is 2.34. The number of nitrogens with one attached hydrogen (secondary N) is 1. The van der Waals surface area contributed by atoms with Gasteiger partial charge in [0, 0.05) is 11.8 Å². The molecule has 1 aromatic carbocycles. The van der Waals surface area contributed by atoms with Crippen molar-refractivity contribution < 1.29 is 29.1 Å². The van der Waals surface area contributed by atoms with E-state index in [9.17, 15) is 14.7 Å². The second kappa shape index (κ2) is 6.48. The van der Waals surface area contributed by atoms with Gasteiger partial charge in [-0.05, 0) is 24.3 Å². The van der Waals surface area contributed by atoms with Gasteiger partial charge in [0.1, 0.15) is 18.0 Å². The lowest BCUT2D eigenvalue weighted by Crippen LogP contribution is -2.29. The van der Waals surface area contributed by atoms with E-state index in [1.807, 2.05) is 0 Å². The summed E-state index contributed by atoms with van der Waals surface area (Å²) in [5, 5.41) is 25.2. The fourth-order valence-corrected chi connectivity index (χ4v) is 2.25. The average Bonchev–Trinajstić information content (AvgIpc) is 3.05. The van der Waals surface area contributed by atoms with Crippen molar-refractivity contribution in [1.29, 1.82) is 0 Å². The van der Waals surface area contributed by atoms with Gasteiger partial charge in [-0.1, -0.05) is 5.16 Å². The minimum atomic E-state index is -1.21. The van der Waals surface area contributed by atoms with Crippen molar-refractivity contribution in [3.05, 3.63) is 36.2 Å². The Morgan fingerprint density at radius 1 is 1.28 bits per heavy atom. The molecule has 0 atom stereocenters. The van der Waals surface area contributed by atoms with Crippen LogP contribution in [0.15, 0.2) is 35.0 Å². The highest BCUT2D eigenvalue weighted by molar-refractivity contribution is 6.03. The highest BCUT2D eigenvalue weighted by Gasteiger charge is 2.21. The summed E-state index contributed by atoms with van der Waals surface area (Å²) >= 11 is 0. The van der Waals surface area contributed by atoms with Crippen LogP contribution in [0.1, 0.15) is 10.5 Å². The topological polar surface area (TPSA) is 135 Å². The Balaban J connectivity index is 1.98. The van der Waals surface area contributed by atoms with Crippen LogP contribution in [0.2, 0.25) is 0 Å². The number of methoxy groups -OCH3 is 1. The molecule has 2 heterocycles. The Morgan fingerprint density at radius 3 is 2.64 bits per heavy atom. The van der Waals surface area contributed by atoms with Crippen molar-refractivity contribution in [3.63, 3.8) is 0 Å². The Bertz CT molecular complexity index is 948. The number of fused-ring (bicyclic) bond motifs is 1. The average molecular weight is 343 g/mol. The predicted molar refractivity (Wildman–Crippen MR) is 85.4 cm³/mol. The molecule has 0 fully saturated rings. The maximum absolute atomic E-state index is 11.9. The molecule has 3 aromatic rings. The summed E-state index contributed by atoms with van der Waals surface area (Å²) in [6.45, 7) is -0.592. The molecule has 0 aliphatic heterocycles. The Kier molecular flexibility index (Phi) is 4.21. The Labute approximate surface area is 140 Å². The second-order valence-electron chi connectivity index (χ2n) is 5.03. The lowest BCUT2D eigenvalue weighted by Gasteiger charge is -2.04. The fourth-order valence-electron chi connectivity index (χ4n) is 2.25. The number of carbonyl (C=O) groups is 2. The molecule has 0 radical (unpaired) electrons.